The molecule has 4 rings (SSSR count). The van der Waals surface area contributed by atoms with Crippen LogP contribution in [0.15, 0.2) is 36.8 Å². The number of rotatable bonds is 2. The van der Waals surface area contributed by atoms with Crippen molar-refractivity contribution >= 4 is 27.9 Å². The number of nitrogens with one attached hydrogen (secondary N) is 1. The topological polar surface area (TPSA) is 76.5 Å². The lowest BCUT2D eigenvalue weighted by Crippen LogP contribution is -2.20. The van der Waals surface area contributed by atoms with Crippen molar-refractivity contribution in [2.24, 2.45) is 12.5 Å². The number of benzene rings is 1. The van der Waals surface area contributed by atoms with Gasteiger partial charge in [0.1, 0.15) is 5.52 Å². The van der Waals surface area contributed by atoms with Crippen LogP contribution in [0.3, 0.4) is 0 Å². The second kappa shape index (κ2) is 5.24. The van der Waals surface area contributed by atoms with E-state index >= 15 is 0 Å². The number of aromatic amines is 1. The highest BCUT2D eigenvalue weighted by atomic mass is 16.1. The molecule has 0 aliphatic rings. The number of carbonyl (C=O) groups excluding carboxylic acids is 1. The number of nitrogens with zero attached hydrogens (tertiary/aromatic N) is 4. The molecule has 1 N–H and O–H groups in total. The van der Waals surface area contributed by atoms with E-state index in [0.717, 1.165) is 22.2 Å². The van der Waals surface area contributed by atoms with Crippen molar-refractivity contribution in [3.05, 3.63) is 42.4 Å². The second-order valence-electron chi connectivity index (χ2n) is 7.24. The number of fused-ring (bicyclic) bond motifs is 2. The predicted molar refractivity (Wildman–Crippen MR) is 97.4 cm³/mol. The molecule has 0 aliphatic heterocycles. The van der Waals surface area contributed by atoms with Gasteiger partial charge in [0.2, 0.25) is 0 Å². The summed E-state index contributed by atoms with van der Waals surface area (Å²) in [6.45, 7) is 5.71. The molecule has 1 aromatic carbocycles. The highest BCUT2D eigenvalue weighted by Gasteiger charge is 2.26. The van der Waals surface area contributed by atoms with Crippen LogP contribution in [0.1, 0.15) is 31.1 Å². The molecular formula is C19H19N5O. The maximum Gasteiger partial charge on any atom is 0.171 e. The minimum absolute atomic E-state index is 0.0461. The van der Waals surface area contributed by atoms with Crippen LogP contribution in [0.4, 0.5) is 0 Å². The van der Waals surface area contributed by atoms with Crippen LogP contribution < -0.4 is 0 Å². The van der Waals surface area contributed by atoms with E-state index in [9.17, 15) is 4.79 Å². The molecule has 0 amide bonds. The van der Waals surface area contributed by atoms with Crippen molar-refractivity contribution in [2.45, 2.75) is 20.8 Å². The smallest absolute Gasteiger partial charge is 0.171 e. The molecule has 126 valence electrons. The molecule has 0 unspecified atom stereocenters. The van der Waals surface area contributed by atoms with Gasteiger partial charge in [-0.15, -0.1) is 0 Å². The standard InChI is InChI=1S/C19H19N5O/c1-19(2,3)17(25)13-8-20-18-16(13)23-14(10-21-18)11-6-5-7-15-12(11)9-22-24(15)4/h5-10H,1-4H3,(H,20,21). The molecule has 6 nitrogen and oxygen atoms in total. The first-order valence-electron chi connectivity index (χ1n) is 8.16. The quantitative estimate of drug-likeness (QED) is 0.567. The number of ketones is 1. The van der Waals surface area contributed by atoms with Gasteiger partial charge in [-0.1, -0.05) is 32.9 Å². The van der Waals surface area contributed by atoms with E-state index < -0.39 is 5.41 Å². The number of aromatic nitrogens is 5. The van der Waals surface area contributed by atoms with Gasteiger partial charge in [-0.25, -0.2) is 9.97 Å². The maximum absolute atomic E-state index is 12.7. The monoisotopic (exact) mass is 333 g/mol. The van der Waals surface area contributed by atoms with Gasteiger partial charge in [0, 0.05) is 29.6 Å². The summed E-state index contributed by atoms with van der Waals surface area (Å²) in [5.74, 6) is 0.0461. The van der Waals surface area contributed by atoms with E-state index in [1.54, 1.807) is 12.4 Å². The number of hydrogen-bond acceptors (Lipinski definition) is 4. The van der Waals surface area contributed by atoms with Crippen molar-refractivity contribution in [2.75, 3.05) is 0 Å². The average Bonchev–Trinajstić information content (AvgIpc) is 3.16. The van der Waals surface area contributed by atoms with E-state index in [4.69, 9.17) is 4.98 Å². The third-order valence-corrected chi connectivity index (χ3v) is 4.37. The predicted octanol–water partition coefficient (Wildman–Crippen LogP) is 3.74. The Morgan fingerprint density at radius 3 is 2.76 bits per heavy atom. The van der Waals surface area contributed by atoms with Crippen LogP contribution in [-0.2, 0) is 7.05 Å². The molecule has 6 heteroatoms. The molecule has 25 heavy (non-hydrogen) atoms. The summed E-state index contributed by atoms with van der Waals surface area (Å²) >= 11 is 0. The van der Waals surface area contributed by atoms with E-state index in [1.165, 1.54) is 0 Å². The van der Waals surface area contributed by atoms with Gasteiger partial charge in [-0.3, -0.25) is 9.48 Å². The summed E-state index contributed by atoms with van der Waals surface area (Å²) in [5.41, 5.74) is 4.04. The van der Waals surface area contributed by atoms with Crippen molar-refractivity contribution in [1.82, 2.24) is 24.7 Å². The molecule has 0 radical (unpaired) electrons. The Morgan fingerprint density at radius 2 is 2.00 bits per heavy atom. The third kappa shape index (κ3) is 2.41. The normalized spacial score (nSPS) is 12.2. The zero-order valence-corrected chi connectivity index (χ0v) is 14.7. The molecule has 3 heterocycles. The van der Waals surface area contributed by atoms with Gasteiger partial charge in [-0.2, -0.15) is 5.10 Å². The summed E-state index contributed by atoms with van der Waals surface area (Å²) in [7, 11) is 1.91. The van der Waals surface area contributed by atoms with E-state index in [0.29, 0.717) is 16.7 Å². The van der Waals surface area contributed by atoms with E-state index in [2.05, 4.69) is 15.1 Å². The highest BCUT2D eigenvalue weighted by molar-refractivity contribution is 6.08. The Labute approximate surface area is 144 Å². The molecule has 0 spiro atoms. The Balaban J connectivity index is 1.93. The Kier molecular flexibility index (Phi) is 3.25. The highest BCUT2D eigenvalue weighted by Crippen LogP contribution is 2.30. The van der Waals surface area contributed by atoms with E-state index in [-0.39, 0.29) is 5.78 Å². The minimum atomic E-state index is -0.476. The fourth-order valence-electron chi connectivity index (χ4n) is 3.00. The van der Waals surface area contributed by atoms with Crippen molar-refractivity contribution < 1.29 is 4.79 Å². The van der Waals surface area contributed by atoms with Crippen LogP contribution in [0.25, 0.3) is 33.3 Å². The number of hydrogen-bond donors (Lipinski definition) is 1. The molecule has 3 aromatic heterocycles. The number of H-pyrrole nitrogens is 1. The zero-order valence-electron chi connectivity index (χ0n) is 14.7. The summed E-state index contributed by atoms with van der Waals surface area (Å²) in [6.07, 6.45) is 5.26. The third-order valence-electron chi connectivity index (χ3n) is 4.37. The first-order valence-corrected chi connectivity index (χ1v) is 8.16. The molecule has 0 saturated heterocycles. The minimum Gasteiger partial charge on any atom is -0.344 e. The van der Waals surface area contributed by atoms with Crippen LogP contribution in [0.5, 0.6) is 0 Å². The van der Waals surface area contributed by atoms with Crippen LogP contribution in [-0.4, -0.2) is 30.5 Å². The van der Waals surface area contributed by atoms with Crippen molar-refractivity contribution in [1.29, 1.82) is 0 Å². The van der Waals surface area contributed by atoms with Crippen LogP contribution in [0.2, 0.25) is 0 Å². The first-order chi connectivity index (χ1) is 11.9. The zero-order chi connectivity index (χ0) is 17.8. The Morgan fingerprint density at radius 1 is 1.20 bits per heavy atom. The number of Topliss-reactive ketones (excluding diaryl/α,β-unsaturated/α-hetero) is 1. The summed E-state index contributed by atoms with van der Waals surface area (Å²) < 4.78 is 1.83. The van der Waals surface area contributed by atoms with E-state index in [1.807, 2.05) is 56.9 Å². The maximum atomic E-state index is 12.7. The second-order valence-corrected chi connectivity index (χ2v) is 7.24. The fourth-order valence-corrected chi connectivity index (χ4v) is 3.00. The fraction of sp³-hybridized carbons (Fsp3) is 0.263. The molecule has 0 saturated carbocycles. The van der Waals surface area contributed by atoms with Gasteiger partial charge in [0.25, 0.3) is 0 Å². The summed E-state index contributed by atoms with van der Waals surface area (Å²) in [6, 6.07) is 5.99. The first kappa shape index (κ1) is 15.5. The van der Waals surface area contributed by atoms with Crippen molar-refractivity contribution in [3.63, 3.8) is 0 Å². The average molecular weight is 333 g/mol. The van der Waals surface area contributed by atoms with Gasteiger partial charge < -0.3 is 4.98 Å². The van der Waals surface area contributed by atoms with Crippen LogP contribution >= 0.6 is 0 Å². The van der Waals surface area contributed by atoms with Crippen molar-refractivity contribution in [3.8, 4) is 11.3 Å². The molecular weight excluding hydrogens is 314 g/mol. The lowest BCUT2D eigenvalue weighted by atomic mass is 9.87. The van der Waals surface area contributed by atoms with Gasteiger partial charge in [0.05, 0.1) is 29.2 Å². The molecule has 4 aromatic rings. The number of aryl methyl sites for hydroxylation is 1. The molecule has 0 atom stereocenters. The number of carbonyl (C=O) groups is 1. The van der Waals surface area contributed by atoms with Gasteiger partial charge >= 0.3 is 0 Å². The lowest BCUT2D eigenvalue weighted by Gasteiger charge is -2.15. The summed E-state index contributed by atoms with van der Waals surface area (Å²) in [4.78, 5) is 25.0. The van der Waals surface area contributed by atoms with Gasteiger partial charge in [-0.05, 0) is 6.07 Å². The Hall–Kier alpha value is -3.02. The lowest BCUT2D eigenvalue weighted by molar-refractivity contribution is 0.0860. The molecule has 0 aliphatic carbocycles. The summed E-state index contributed by atoms with van der Waals surface area (Å²) in [5, 5.41) is 5.33. The molecule has 0 fully saturated rings. The molecule has 0 bridgehead atoms. The Bertz CT molecular complexity index is 1110. The van der Waals surface area contributed by atoms with Gasteiger partial charge in [0.15, 0.2) is 11.4 Å². The largest absolute Gasteiger partial charge is 0.344 e. The van der Waals surface area contributed by atoms with Crippen LogP contribution in [0, 0.1) is 5.41 Å². The SMILES string of the molecule is Cn1ncc2c(-c3cnc4[nH]cc(C(=O)C(C)(C)C)c4n3)cccc21.